The molecule has 5 aromatic rings. The lowest BCUT2D eigenvalue weighted by Crippen LogP contribution is -2.17. The molecule has 2 heterocycles. The molecule has 0 unspecified atom stereocenters. The number of carbonyl (C=O) groups excluding carboxylic acids is 2. The predicted molar refractivity (Wildman–Crippen MR) is 140 cm³/mol. The van der Waals surface area contributed by atoms with E-state index in [0.717, 1.165) is 16.3 Å². The van der Waals surface area contributed by atoms with Crippen LogP contribution in [0.3, 0.4) is 0 Å². The SMILES string of the molecule is COC(=O)c1cc(-c2cccc(F)c2)n(-n2c(-c3ccc4ccccc4c3)cc(C(=O)OC)c2C)c1C. The molecule has 2 aromatic heterocycles. The van der Waals surface area contributed by atoms with Gasteiger partial charge in [-0.05, 0) is 55.0 Å². The summed E-state index contributed by atoms with van der Waals surface area (Å²) in [6, 6.07) is 23.7. The molecule has 0 aliphatic carbocycles. The van der Waals surface area contributed by atoms with E-state index in [4.69, 9.17) is 9.47 Å². The first-order valence-electron chi connectivity index (χ1n) is 11.7. The van der Waals surface area contributed by atoms with Crippen molar-refractivity contribution in [2.45, 2.75) is 13.8 Å². The number of methoxy groups -OCH3 is 2. The molecule has 0 saturated carbocycles. The fraction of sp³-hybridized carbons (Fsp3) is 0.133. The third kappa shape index (κ3) is 4.08. The Morgan fingerprint density at radius 2 is 1.19 bits per heavy atom. The molecule has 0 fully saturated rings. The maximum Gasteiger partial charge on any atom is 0.339 e. The quantitative estimate of drug-likeness (QED) is 0.264. The van der Waals surface area contributed by atoms with Gasteiger partial charge in [0.2, 0.25) is 0 Å². The summed E-state index contributed by atoms with van der Waals surface area (Å²) in [5.74, 6) is -1.40. The van der Waals surface area contributed by atoms with Crippen molar-refractivity contribution in [1.29, 1.82) is 0 Å². The number of ether oxygens (including phenoxy) is 2. The first-order valence-corrected chi connectivity index (χ1v) is 11.7. The van der Waals surface area contributed by atoms with E-state index < -0.39 is 17.8 Å². The number of nitrogens with zero attached hydrogens (tertiary/aromatic N) is 2. The van der Waals surface area contributed by atoms with Crippen molar-refractivity contribution >= 4 is 22.7 Å². The lowest BCUT2D eigenvalue weighted by Gasteiger charge is -2.20. The molecule has 0 aliphatic heterocycles. The van der Waals surface area contributed by atoms with Gasteiger partial charge in [0, 0.05) is 11.1 Å². The largest absolute Gasteiger partial charge is 0.465 e. The van der Waals surface area contributed by atoms with Crippen LogP contribution in [0.5, 0.6) is 0 Å². The minimum Gasteiger partial charge on any atom is -0.465 e. The number of hydrogen-bond donors (Lipinski definition) is 0. The Balaban J connectivity index is 1.86. The summed E-state index contributed by atoms with van der Waals surface area (Å²) < 4.78 is 28.0. The normalized spacial score (nSPS) is 11.1. The number of aromatic nitrogens is 2. The average Bonchev–Trinajstić information content (AvgIpc) is 3.43. The average molecular weight is 497 g/mol. The molecular formula is C30H25FN2O4. The minimum atomic E-state index is -0.515. The Bertz CT molecular complexity index is 1680. The molecule has 0 N–H and O–H groups in total. The van der Waals surface area contributed by atoms with Crippen LogP contribution in [0.1, 0.15) is 32.1 Å². The standard InChI is InChI=1S/C30H25FN2O4/c1-18-25(29(34)36-3)16-27(22-10-7-11-24(31)15-22)32(18)33-19(2)26(30(35)37-4)17-28(33)23-13-12-20-8-5-6-9-21(20)14-23/h5-17H,1-4H3. The Kier molecular flexibility index (Phi) is 6.13. The zero-order valence-electron chi connectivity index (χ0n) is 20.9. The van der Waals surface area contributed by atoms with Crippen molar-refractivity contribution in [3.05, 3.63) is 107 Å². The first kappa shape index (κ1) is 24.1. The molecule has 0 amide bonds. The van der Waals surface area contributed by atoms with Crippen LogP contribution in [0.4, 0.5) is 4.39 Å². The van der Waals surface area contributed by atoms with E-state index in [-0.39, 0.29) is 0 Å². The Morgan fingerprint density at radius 1 is 0.649 bits per heavy atom. The van der Waals surface area contributed by atoms with Crippen molar-refractivity contribution in [2.75, 3.05) is 14.2 Å². The van der Waals surface area contributed by atoms with Gasteiger partial charge in [0.05, 0.1) is 48.1 Å². The summed E-state index contributed by atoms with van der Waals surface area (Å²) in [6.45, 7) is 3.60. The molecule has 186 valence electrons. The first-order chi connectivity index (χ1) is 17.8. The highest BCUT2D eigenvalue weighted by molar-refractivity contribution is 5.95. The number of hydrogen-bond acceptors (Lipinski definition) is 4. The Labute approximate surface area is 213 Å². The van der Waals surface area contributed by atoms with Gasteiger partial charge in [-0.15, -0.1) is 0 Å². The van der Waals surface area contributed by atoms with Crippen molar-refractivity contribution in [2.24, 2.45) is 0 Å². The zero-order chi connectivity index (χ0) is 26.3. The van der Waals surface area contributed by atoms with Crippen LogP contribution >= 0.6 is 0 Å². The van der Waals surface area contributed by atoms with E-state index in [0.29, 0.717) is 39.5 Å². The van der Waals surface area contributed by atoms with Gasteiger partial charge in [0.25, 0.3) is 0 Å². The van der Waals surface area contributed by atoms with E-state index in [1.807, 2.05) is 58.7 Å². The minimum absolute atomic E-state index is 0.332. The molecule has 6 nitrogen and oxygen atoms in total. The number of carbonyl (C=O) groups is 2. The second-order valence-electron chi connectivity index (χ2n) is 8.74. The van der Waals surface area contributed by atoms with E-state index in [1.165, 1.54) is 26.4 Å². The number of fused-ring (bicyclic) bond motifs is 1. The second-order valence-corrected chi connectivity index (χ2v) is 8.74. The molecule has 0 spiro atoms. The summed E-state index contributed by atoms with van der Waals surface area (Å²) in [5, 5.41) is 2.12. The van der Waals surface area contributed by atoms with Gasteiger partial charge in [-0.3, -0.25) is 9.35 Å². The summed E-state index contributed by atoms with van der Waals surface area (Å²) in [7, 11) is 2.65. The fourth-order valence-corrected chi connectivity index (χ4v) is 4.75. The van der Waals surface area contributed by atoms with E-state index in [1.54, 1.807) is 31.2 Å². The van der Waals surface area contributed by atoms with Crippen molar-refractivity contribution < 1.29 is 23.5 Å². The van der Waals surface area contributed by atoms with Crippen molar-refractivity contribution in [3.8, 4) is 22.5 Å². The summed E-state index contributed by atoms with van der Waals surface area (Å²) in [4.78, 5) is 25.4. The predicted octanol–water partition coefficient (Wildman–Crippen LogP) is 6.42. The van der Waals surface area contributed by atoms with Crippen LogP contribution in [0.25, 0.3) is 33.3 Å². The lowest BCUT2D eigenvalue weighted by molar-refractivity contribution is 0.0590. The van der Waals surface area contributed by atoms with E-state index in [2.05, 4.69) is 0 Å². The van der Waals surface area contributed by atoms with Crippen molar-refractivity contribution in [3.63, 3.8) is 0 Å². The molecule has 0 radical (unpaired) electrons. The Hall–Kier alpha value is -4.65. The second kappa shape index (κ2) is 9.43. The molecule has 3 aromatic carbocycles. The highest BCUT2D eigenvalue weighted by Gasteiger charge is 2.26. The Morgan fingerprint density at radius 3 is 1.73 bits per heavy atom. The number of esters is 2. The lowest BCUT2D eigenvalue weighted by atomic mass is 10.0. The summed E-state index contributed by atoms with van der Waals surface area (Å²) in [5.41, 5.74) is 4.57. The van der Waals surface area contributed by atoms with Gasteiger partial charge in [0.15, 0.2) is 0 Å². The van der Waals surface area contributed by atoms with Crippen LogP contribution in [0, 0.1) is 19.7 Å². The van der Waals surface area contributed by atoms with Gasteiger partial charge in [-0.25, -0.2) is 14.0 Å². The van der Waals surface area contributed by atoms with Gasteiger partial charge in [0.1, 0.15) is 5.82 Å². The maximum absolute atomic E-state index is 14.3. The molecular weight excluding hydrogens is 471 g/mol. The molecule has 0 atom stereocenters. The van der Waals surface area contributed by atoms with Crippen LogP contribution in [0.15, 0.2) is 78.9 Å². The third-order valence-corrected chi connectivity index (χ3v) is 6.61. The van der Waals surface area contributed by atoms with E-state index in [9.17, 15) is 14.0 Å². The monoisotopic (exact) mass is 496 g/mol. The van der Waals surface area contributed by atoms with Gasteiger partial charge in [-0.1, -0.05) is 48.5 Å². The molecule has 0 aliphatic rings. The molecule has 0 bridgehead atoms. The highest BCUT2D eigenvalue weighted by Crippen LogP contribution is 2.34. The van der Waals surface area contributed by atoms with Gasteiger partial charge < -0.3 is 9.47 Å². The number of benzene rings is 3. The summed E-state index contributed by atoms with van der Waals surface area (Å²) >= 11 is 0. The van der Waals surface area contributed by atoms with Gasteiger partial charge in [-0.2, -0.15) is 0 Å². The van der Waals surface area contributed by atoms with E-state index >= 15 is 0 Å². The van der Waals surface area contributed by atoms with Gasteiger partial charge >= 0.3 is 11.9 Å². The van der Waals surface area contributed by atoms with Crippen LogP contribution in [0.2, 0.25) is 0 Å². The number of rotatable bonds is 5. The summed E-state index contributed by atoms with van der Waals surface area (Å²) in [6.07, 6.45) is 0. The zero-order valence-corrected chi connectivity index (χ0v) is 20.9. The molecule has 5 rings (SSSR count). The van der Waals surface area contributed by atoms with Crippen molar-refractivity contribution in [1.82, 2.24) is 9.35 Å². The maximum atomic E-state index is 14.3. The van der Waals surface area contributed by atoms with Crippen LogP contribution < -0.4 is 0 Å². The number of halogens is 1. The molecule has 37 heavy (non-hydrogen) atoms. The highest BCUT2D eigenvalue weighted by atomic mass is 19.1. The van der Waals surface area contributed by atoms with Crippen LogP contribution in [-0.2, 0) is 9.47 Å². The topological polar surface area (TPSA) is 62.5 Å². The molecule has 7 heteroatoms. The molecule has 0 saturated heterocycles. The van der Waals surface area contributed by atoms with Crippen LogP contribution in [-0.4, -0.2) is 35.5 Å². The fourth-order valence-electron chi connectivity index (χ4n) is 4.75. The smallest absolute Gasteiger partial charge is 0.339 e. The third-order valence-electron chi connectivity index (χ3n) is 6.61.